The molecular weight excluding hydrogens is 226 g/mol. The minimum atomic E-state index is 0.0798. The van der Waals surface area contributed by atoms with Gasteiger partial charge >= 0.3 is 0 Å². The number of benzene rings is 1. The summed E-state index contributed by atoms with van der Waals surface area (Å²) in [7, 11) is 0. The zero-order chi connectivity index (χ0) is 12.5. The van der Waals surface area contributed by atoms with E-state index in [-0.39, 0.29) is 5.91 Å². The molecule has 0 aliphatic heterocycles. The summed E-state index contributed by atoms with van der Waals surface area (Å²) in [5.74, 6) is 0.798. The number of nitrogen functional groups attached to an aromatic ring is 1. The molecule has 4 nitrogen and oxygen atoms in total. The molecule has 2 aromatic rings. The van der Waals surface area contributed by atoms with Gasteiger partial charge in [-0.25, -0.2) is 0 Å². The van der Waals surface area contributed by atoms with Gasteiger partial charge in [0.15, 0.2) is 0 Å². The Labute approximate surface area is 106 Å². The molecule has 94 valence electrons. The van der Waals surface area contributed by atoms with Gasteiger partial charge in [-0.3, -0.25) is 4.79 Å². The highest BCUT2D eigenvalue weighted by atomic mass is 16.1. The number of anilines is 1. The standard InChI is InChI=1S/C14H17N3O/c15-12-3-4-13-11(7-12)5-6-17(13)9-14(18)16-8-10-1-2-10/h3-7,10H,1-2,8-9,15H2,(H,16,18). The van der Waals surface area contributed by atoms with Crippen molar-refractivity contribution in [3.63, 3.8) is 0 Å². The number of carbonyl (C=O) groups excluding carboxylic acids is 1. The van der Waals surface area contributed by atoms with Gasteiger partial charge < -0.3 is 15.6 Å². The Balaban J connectivity index is 1.71. The second-order valence-corrected chi connectivity index (χ2v) is 5.01. The minimum absolute atomic E-state index is 0.0798. The van der Waals surface area contributed by atoms with E-state index in [1.807, 2.05) is 35.0 Å². The van der Waals surface area contributed by atoms with Crippen molar-refractivity contribution in [2.75, 3.05) is 12.3 Å². The molecule has 0 saturated heterocycles. The first-order valence-corrected chi connectivity index (χ1v) is 6.33. The number of nitrogens with two attached hydrogens (primary N) is 1. The molecule has 0 unspecified atom stereocenters. The Morgan fingerprint density at radius 2 is 2.22 bits per heavy atom. The Kier molecular flexibility index (Phi) is 2.70. The number of fused-ring (bicyclic) bond motifs is 1. The fourth-order valence-electron chi connectivity index (χ4n) is 2.15. The van der Waals surface area contributed by atoms with Gasteiger partial charge in [0.25, 0.3) is 0 Å². The van der Waals surface area contributed by atoms with Crippen molar-refractivity contribution in [2.45, 2.75) is 19.4 Å². The van der Waals surface area contributed by atoms with Gasteiger partial charge in [-0.15, -0.1) is 0 Å². The summed E-state index contributed by atoms with van der Waals surface area (Å²) in [5.41, 5.74) is 7.53. The smallest absolute Gasteiger partial charge is 0.239 e. The van der Waals surface area contributed by atoms with E-state index in [0.717, 1.165) is 29.1 Å². The third kappa shape index (κ3) is 2.32. The number of rotatable bonds is 4. The maximum Gasteiger partial charge on any atom is 0.239 e. The number of carbonyl (C=O) groups is 1. The van der Waals surface area contributed by atoms with Crippen LogP contribution in [0.15, 0.2) is 30.5 Å². The molecule has 1 aliphatic rings. The number of hydrogen-bond donors (Lipinski definition) is 2. The van der Waals surface area contributed by atoms with Crippen LogP contribution in [0, 0.1) is 5.92 Å². The van der Waals surface area contributed by atoms with Crippen molar-refractivity contribution in [3.8, 4) is 0 Å². The Morgan fingerprint density at radius 1 is 1.39 bits per heavy atom. The van der Waals surface area contributed by atoms with E-state index in [1.165, 1.54) is 12.8 Å². The Bertz CT molecular complexity index is 584. The van der Waals surface area contributed by atoms with Gasteiger partial charge in [0, 0.05) is 29.3 Å². The third-order valence-electron chi connectivity index (χ3n) is 3.39. The molecule has 1 fully saturated rings. The van der Waals surface area contributed by atoms with Gasteiger partial charge in [0.1, 0.15) is 6.54 Å². The second-order valence-electron chi connectivity index (χ2n) is 5.01. The summed E-state index contributed by atoms with van der Waals surface area (Å²) in [6.07, 6.45) is 4.44. The summed E-state index contributed by atoms with van der Waals surface area (Å²) in [4.78, 5) is 11.8. The zero-order valence-corrected chi connectivity index (χ0v) is 10.2. The molecule has 1 aromatic heterocycles. The second kappa shape index (κ2) is 4.37. The SMILES string of the molecule is Nc1ccc2c(ccn2CC(=O)NCC2CC2)c1. The Hall–Kier alpha value is -1.97. The number of amides is 1. The quantitative estimate of drug-likeness (QED) is 0.804. The van der Waals surface area contributed by atoms with Crippen molar-refractivity contribution in [2.24, 2.45) is 5.92 Å². The van der Waals surface area contributed by atoms with Crippen molar-refractivity contribution in [1.29, 1.82) is 0 Å². The number of hydrogen-bond acceptors (Lipinski definition) is 2. The molecule has 18 heavy (non-hydrogen) atoms. The highest BCUT2D eigenvalue weighted by molar-refractivity contribution is 5.85. The lowest BCUT2D eigenvalue weighted by Gasteiger charge is -2.07. The van der Waals surface area contributed by atoms with Gasteiger partial charge in [-0.05, 0) is 43.0 Å². The van der Waals surface area contributed by atoms with Crippen LogP contribution in [0.25, 0.3) is 10.9 Å². The van der Waals surface area contributed by atoms with Crippen LogP contribution < -0.4 is 11.1 Å². The molecule has 0 radical (unpaired) electrons. The maximum atomic E-state index is 11.8. The van der Waals surface area contributed by atoms with E-state index in [1.54, 1.807) is 0 Å². The topological polar surface area (TPSA) is 60.0 Å². The Morgan fingerprint density at radius 3 is 3.00 bits per heavy atom. The van der Waals surface area contributed by atoms with Crippen molar-refractivity contribution in [3.05, 3.63) is 30.5 Å². The molecule has 0 atom stereocenters. The molecule has 1 aliphatic carbocycles. The summed E-state index contributed by atoms with van der Waals surface area (Å²) in [5, 5.41) is 4.05. The van der Waals surface area contributed by atoms with Crippen LogP contribution in [-0.2, 0) is 11.3 Å². The van der Waals surface area contributed by atoms with Crippen LogP contribution in [0.2, 0.25) is 0 Å². The van der Waals surface area contributed by atoms with E-state index in [0.29, 0.717) is 6.54 Å². The molecule has 1 amide bonds. The maximum absolute atomic E-state index is 11.8. The summed E-state index contributed by atoms with van der Waals surface area (Å²) in [6, 6.07) is 7.73. The average Bonchev–Trinajstić information content (AvgIpc) is 3.10. The molecule has 0 spiro atoms. The van der Waals surface area contributed by atoms with Gasteiger partial charge in [-0.2, -0.15) is 0 Å². The minimum Gasteiger partial charge on any atom is -0.399 e. The number of nitrogens with one attached hydrogen (secondary N) is 1. The third-order valence-corrected chi connectivity index (χ3v) is 3.39. The van der Waals surface area contributed by atoms with Gasteiger partial charge in [0.2, 0.25) is 5.91 Å². The highest BCUT2D eigenvalue weighted by Crippen LogP contribution is 2.27. The predicted molar refractivity (Wildman–Crippen MR) is 72.1 cm³/mol. The van der Waals surface area contributed by atoms with Crippen molar-refractivity contribution >= 4 is 22.5 Å². The molecule has 3 rings (SSSR count). The predicted octanol–water partition coefficient (Wildman–Crippen LogP) is 1.75. The zero-order valence-electron chi connectivity index (χ0n) is 10.2. The fourth-order valence-corrected chi connectivity index (χ4v) is 2.15. The summed E-state index contributed by atoms with van der Waals surface area (Å²) in [6.45, 7) is 1.20. The molecule has 0 bridgehead atoms. The van der Waals surface area contributed by atoms with Crippen LogP contribution in [0.4, 0.5) is 5.69 Å². The lowest BCUT2D eigenvalue weighted by Crippen LogP contribution is -2.29. The van der Waals surface area contributed by atoms with Crippen molar-refractivity contribution < 1.29 is 4.79 Å². The molecule has 1 aromatic carbocycles. The average molecular weight is 243 g/mol. The van der Waals surface area contributed by atoms with Gasteiger partial charge in [0.05, 0.1) is 0 Å². The van der Waals surface area contributed by atoms with Crippen LogP contribution in [0.5, 0.6) is 0 Å². The summed E-state index contributed by atoms with van der Waals surface area (Å²) >= 11 is 0. The molecule has 1 saturated carbocycles. The van der Waals surface area contributed by atoms with E-state index < -0.39 is 0 Å². The normalized spacial score (nSPS) is 14.9. The first kappa shape index (κ1) is 11.1. The van der Waals surface area contributed by atoms with E-state index in [4.69, 9.17) is 5.73 Å². The first-order chi connectivity index (χ1) is 8.72. The molecule has 3 N–H and O–H groups in total. The highest BCUT2D eigenvalue weighted by Gasteiger charge is 2.21. The first-order valence-electron chi connectivity index (χ1n) is 6.33. The van der Waals surface area contributed by atoms with Crippen LogP contribution in [0.3, 0.4) is 0 Å². The van der Waals surface area contributed by atoms with Crippen molar-refractivity contribution in [1.82, 2.24) is 9.88 Å². The van der Waals surface area contributed by atoms with Crippen LogP contribution in [-0.4, -0.2) is 17.0 Å². The number of aromatic nitrogens is 1. The largest absolute Gasteiger partial charge is 0.399 e. The van der Waals surface area contributed by atoms with Crippen LogP contribution in [0.1, 0.15) is 12.8 Å². The van der Waals surface area contributed by atoms with Gasteiger partial charge in [-0.1, -0.05) is 0 Å². The van der Waals surface area contributed by atoms with E-state index in [2.05, 4.69) is 5.32 Å². The fraction of sp³-hybridized carbons (Fsp3) is 0.357. The molecule has 4 heteroatoms. The number of nitrogens with zero attached hydrogens (tertiary/aromatic N) is 1. The van der Waals surface area contributed by atoms with E-state index in [9.17, 15) is 4.79 Å². The monoisotopic (exact) mass is 243 g/mol. The molecule has 1 heterocycles. The van der Waals surface area contributed by atoms with E-state index >= 15 is 0 Å². The lowest BCUT2D eigenvalue weighted by molar-refractivity contribution is -0.121. The van der Waals surface area contributed by atoms with Crippen LogP contribution >= 0.6 is 0 Å². The lowest BCUT2D eigenvalue weighted by atomic mass is 10.2. The summed E-state index contributed by atoms with van der Waals surface area (Å²) < 4.78 is 1.96. The molecular formula is C14H17N3O.